The van der Waals surface area contributed by atoms with Gasteiger partial charge in [-0.1, -0.05) is 65.7 Å². The molecule has 7 rings (SSSR count). The second-order valence-electron chi connectivity index (χ2n) is 13.8. The number of methoxy groups -OCH3 is 2. The maximum atomic E-state index is 12.1. The van der Waals surface area contributed by atoms with E-state index in [9.17, 15) is 9.59 Å². The average molecular weight is 760 g/mol. The highest BCUT2D eigenvalue weighted by Gasteiger charge is 2.31. The third kappa shape index (κ3) is 7.94. The molecule has 0 spiro atoms. The van der Waals surface area contributed by atoms with Crippen molar-refractivity contribution in [3.05, 3.63) is 86.9 Å². The van der Waals surface area contributed by atoms with E-state index in [1.807, 2.05) is 42.5 Å². The summed E-state index contributed by atoms with van der Waals surface area (Å²) in [6, 6.07) is 18.2. The van der Waals surface area contributed by atoms with Crippen LogP contribution in [0.5, 0.6) is 17.6 Å². The highest BCUT2D eigenvalue weighted by molar-refractivity contribution is 6.36. The molecule has 2 fully saturated rings. The Morgan fingerprint density at radius 2 is 1.70 bits per heavy atom. The molecule has 278 valence electrons. The molecule has 11 nitrogen and oxygen atoms in total. The summed E-state index contributed by atoms with van der Waals surface area (Å²) in [4.78, 5) is 35.4. The first-order valence-corrected chi connectivity index (χ1v) is 18.8. The highest BCUT2D eigenvalue weighted by atomic mass is 35.5. The zero-order chi connectivity index (χ0) is 37.1. The fourth-order valence-corrected chi connectivity index (χ4v) is 8.25. The summed E-state index contributed by atoms with van der Waals surface area (Å²) in [7, 11) is 4.88. The lowest BCUT2D eigenvalue weighted by molar-refractivity contribution is -0.124. The molecule has 3 atom stereocenters. The van der Waals surface area contributed by atoms with Crippen LogP contribution in [-0.2, 0) is 29.1 Å². The smallest absolute Gasteiger partial charge is 0.236 e. The van der Waals surface area contributed by atoms with Crippen molar-refractivity contribution < 1.29 is 23.8 Å². The summed E-state index contributed by atoms with van der Waals surface area (Å²) in [6.45, 7) is 3.30. The second-order valence-corrected chi connectivity index (χ2v) is 14.5. The molecule has 2 aromatic heterocycles. The molecule has 0 saturated carbocycles. The molecule has 2 amide bonds. The number of halogens is 2. The van der Waals surface area contributed by atoms with Crippen LogP contribution in [0.2, 0.25) is 10.0 Å². The van der Waals surface area contributed by atoms with Gasteiger partial charge in [0.05, 0.1) is 30.9 Å². The minimum atomic E-state index is -0.253. The Morgan fingerprint density at radius 1 is 0.925 bits per heavy atom. The number of ether oxygens (including phenoxy) is 3. The van der Waals surface area contributed by atoms with Gasteiger partial charge in [-0.2, -0.15) is 4.98 Å². The molecule has 13 heteroatoms. The van der Waals surface area contributed by atoms with Crippen molar-refractivity contribution in [3.63, 3.8) is 0 Å². The Morgan fingerprint density at radius 3 is 2.47 bits per heavy atom. The molecule has 1 unspecified atom stereocenters. The Bertz CT molecular complexity index is 2010. The zero-order valence-electron chi connectivity index (χ0n) is 30.1. The molecule has 2 aliphatic heterocycles. The van der Waals surface area contributed by atoms with Crippen LogP contribution in [0.1, 0.15) is 54.0 Å². The van der Waals surface area contributed by atoms with Crippen LogP contribution in [0.3, 0.4) is 0 Å². The van der Waals surface area contributed by atoms with Gasteiger partial charge in [0, 0.05) is 67.9 Å². The summed E-state index contributed by atoms with van der Waals surface area (Å²) < 4.78 is 17.9. The fourth-order valence-electron chi connectivity index (χ4n) is 7.71. The lowest BCUT2D eigenvalue weighted by Gasteiger charge is -2.20. The summed E-state index contributed by atoms with van der Waals surface area (Å²) in [5.41, 5.74) is 7.47. The van der Waals surface area contributed by atoms with Gasteiger partial charge in [0.25, 0.3) is 0 Å². The van der Waals surface area contributed by atoms with Gasteiger partial charge >= 0.3 is 0 Å². The number of hydrogen-bond acceptors (Lipinski definition) is 9. The summed E-state index contributed by atoms with van der Waals surface area (Å²) in [5, 5.41) is 10.2. The number of pyridine rings is 2. The highest BCUT2D eigenvalue weighted by Crippen LogP contribution is 2.45. The van der Waals surface area contributed by atoms with Crippen LogP contribution in [0.25, 0.3) is 22.4 Å². The van der Waals surface area contributed by atoms with E-state index < -0.39 is 0 Å². The van der Waals surface area contributed by atoms with Gasteiger partial charge in [-0.05, 0) is 61.1 Å². The SMILES string of the molecule is CNC(=O)C1CCN(Cc2cc(Cl)c(O[C@H]3CCc4c(-c5cccc(-c6ccc(CNC[C@@H]7CCC(=O)N7)c(OC)n6)c5Cl)cccc43)nc2OC)C1. The van der Waals surface area contributed by atoms with Gasteiger partial charge in [0.15, 0.2) is 0 Å². The molecule has 0 radical (unpaired) electrons. The predicted octanol–water partition coefficient (Wildman–Crippen LogP) is 6.14. The number of likely N-dealkylation sites (tertiary alicyclic amines) is 1. The number of carbonyl (C=O) groups excluding carboxylic acids is 2. The molecule has 0 bridgehead atoms. The zero-order valence-corrected chi connectivity index (χ0v) is 31.6. The molecule has 3 aliphatic rings. The second kappa shape index (κ2) is 16.3. The quantitative estimate of drug-likeness (QED) is 0.148. The van der Waals surface area contributed by atoms with Crippen LogP contribution in [-0.4, -0.2) is 73.6 Å². The van der Waals surface area contributed by atoms with E-state index in [2.05, 4.69) is 33.0 Å². The Kier molecular flexibility index (Phi) is 11.4. The molecule has 3 N–H and O–H groups in total. The van der Waals surface area contributed by atoms with Crippen molar-refractivity contribution >= 4 is 35.0 Å². The van der Waals surface area contributed by atoms with Crippen LogP contribution in [0.15, 0.2) is 54.6 Å². The summed E-state index contributed by atoms with van der Waals surface area (Å²) in [5.74, 6) is 1.44. The number of benzene rings is 2. The van der Waals surface area contributed by atoms with E-state index >= 15 is 0 Å². The van der Waals surface area contributed by atoms with Crippen LogP contribution >= 0.6 is 23.2 Å². The normalized spacial score (nSPS) is 19.6. The van der Waals surface area contributed by atoms with Crippen molar-refractivity contribution in [2.75, 3.05) is 40.9 Å². The number of carbonyl (C=O) groups is 2. The number of fused-ring (bicyclic) bond motifs is 1. The van der Waals surface area contributed by atoms with Crippen molar-refractivity contribution in [1.82, 2.24) is 30.8 Å². The first-order valence-electron chi connectivity index (χ1n) is 18.0. The monoisotopic (exact) mass is 758 g/mol. The van der Waals surface area contributed by atoms with Gasteiger partial charge in [-0.15, -0.1) is 0 Å². The molecule has 4 heterocycles. The van der Waals surface area contributed by atoms with Gasteiger partial charge < -0.3 is 30.2 Å². The molecule has 2 saturated heterocycles. The van der Waals surface area contributed by atoms with E-state index in [1.54, 1.807) is 21.3 Å². The minimum absolute atomic E-state index is 0.0266. The lowest BCUT2D eigenvalue weighted by Crippen LogP contribution is -2.35. The maximum Gasteiger partial charge on any atom is 0.236 e. The van der Waals surface area contributed by atoms with Crippen LogP contribution < -0.4 is 30.2 Å². The molecule has 53 heavy (non-hydrogen) atoms. The lowest BCUT2D eigenvalue weighted by atomic mass is 9.94. The van der Waals surface area contributed by atoms with Crippen LogP contribution in [0.4, 0.5) is 0 Å². The molecular formula is C40H44Cl2N6O5. The molecule has 1 aliphatic carbocycles. The Hall–Kier alpha value is -4.42. The van der Waals surface area contributed by atoms with E-state index in [0.717, 1.165) is 65.6 Å². The van der Waals surface area contributed by atoms with E-state index in [1.165, 1.54) is 5.56 Å². The van der Waals surface area contributed by atoms with Crippen molar-refractivity contribution in [1.29, 1.82) is 0 Å². The third-order valence-corrected chi connectivity index (χ3v) is 11.1. The minimum Gasteiger partial charge on any atom is -0.481 e. The van der Waals surface area contributed by atoms with Gasteiger partial charge in [-0.3, -0.25) is 14.5 Å². The van der Waals surface area contributed by atoms with Gasteiger partial charge in [0.2, 0.25) is 29.5 Å². The number of amides is 2. The van der Waals surface area contributed by atoms with Crippen molar-refractivity contribution in [2.24, 2.45) is 5.92 Å². The third-order valence-electron chi connectivity index (χ3n) is 10.4. The Balaban J connectivity index is 1.07. The maximum absolute atomic E-state index is 12.1. The van der Waals surface area contributed by atoms with Crippen molar-refractivity contribution in [2.45, 2.75) is 57.3 Å². The number of nitrogens with zero attached hydrogens (tertiary/aromatic N) is 3. The topological polar surface area (TPSA) is 127 Å². The fraction of sp³-hybridized carbons (Fsp3) is 0.400. The van der Waals surface area contributed by atoms with E-state index in [0.29, 0.717) is 66.0 Å². The number of hydrogen-bond donors (Lipinski definition) is 3. The van der Waals surface area contributed by atoms with Crippen molar-refractivity contribution in [3.8, 4) is 40.0 Å². The van der Waals surface area contributed by atoms with E-state index in [4.69, 9.17) is 47.4 Å². The summed E-state index contributed by atoms with van der Waals surface area (Å²) in [6.07, 6.45) is 3.52. The van der Waals surface area contributed by atoms with Gasteiger partial charge in [-0.25, -0.2) is 4.98 Å². The number of nitrogens with one attached hydrogen (secondary N) is 3. The molecule has 2 aromatic carbocycles. The van der Waals surface area contributed by atoms with E-state index in [-0.39, 0.29) is 29.9 Å². The first kappa shape index (κ1) is 36.9. The standard InChI is InChI=1S/C40H44Cl2N6O5/c1-43-37(50)24-16-17-48(21-24)22-25-18-32(41)40(47-39(25)52-3)53-34-14-12-28-27(6-4-7-29(28)34)30-8-5-9-31(36(30)42)33-13-10-23(38(46-33)51-2)19-44-20-26-11-15-35(49)45-26/h4-10,13,18,24,26,34,44H,11-12,14-17,19-22H2,1-3H3,(H,43,50)(H,45,49)/t24?,26-,34-/m0/s1. The first-order chi connectivity index (χ1) is 25.8. The van der Waals surface area contributed by atoms with Crippen LogP contribution in [0, 0.1) is 5.92 Å². The van der Waals surface area contributed by atoms with Gasteiger partial charge in [0.1, 0.15) is 11.1 Å². The molecule has 4 aromatic rings. The number of aromatic nitrogens is 2. The Labute approximate surface area is 319 Å². The largest absolute Gasteiger partial charge is 0.481 e. The summed E-state index contributed by atoms with van der Waals surface area (Å²) >= 11 is 14.0. The molecular weight excluding hydrogens is 715 g/mol. The number of rotatable bonds is 13. The average Bonchev–Trinajstić information content (AvgIpc) is 3.93. The predicted molar refractivity (Wildman–Crippen MR) is 204 cm³/mol.